The van der Waals surface area contributed by atoms with E-state index in [1.54, 1.807) is 13.8 Å². The number of hydrogen-bond donors (Lipinski definition) is 2. The molecule has 0 heterocycles. The summed E-state index contributed by atoms with van der Waals surface area (Å²) in [5, 5.41) is 3.09. The first-order valence-corrected chi connectivity index (χ1v) is 10.8. The highest BCUT2D eigenvalue weighted by atomic mass is 32.2. The maximum Gasteiger partial charge on any atom is 0.213 e. The number of benzene rings is 1. The van der Waals surface area contributed by atoms with Crippen molar-refractivity contribution in [1.29, 1.82) is 0 Å². The second-order valence-corrected chi connectivity index (χ2v) is 8.95. The highest BCUT2D eigenvalue weighted by Gasteiger charge is 2.13. The highest BCUT2D eigenvalue weighted by molar-refractivity contribution is 7.90. The average molecular weight is 355 g/mol. The summed E-state index contributed by atoms with van der Waals surface area (Å²) in [5.41, 5.74) is 2.59. The molecule has 1 rings (SSSR count). The van der Waals surface area contributed by atoms with E-state index in [9.17, 15) is 8.42 Å². The van der Waals surface area contributed by atoms with Crippen molar-refractivity contribution in [2.45, 2.75) is 71.0 Å². The number of rotatable bonds is 13. The summed E-state index contributed by atoms with van der Waals surface area (Å²) in [6.07, 6.45) is 7.83. The van der Waals surface area contributed by atoms with E-state index < -0.39 is 10.0 Å². The van der Waals surface area contributed by atoms with Crippen molar-refractivity contribution < 1.29 is 8.42 Å². The van der Waals surface area contributed by atoms with Crippen molar-refractivity contribution in [2.75, 3.05) is 18.4 Å². The Balaban J connectivity index is 2.06. The van der Waals surface area contributed by atoms with Crippen LogP contribution in [-0.2, 0) is 16.4 Å². The Kier molecular flexibility index (Phi) is 10.0. The maximum atomic E-state index is 11.6. The van der Waals surface area contributed by atoms with E-state index in [0.717, 1.165) is 38.6 Å². The van der Waals surface area contributed by atoms with Gasteiger partial charge in [0.15, 0.2) is 0 Å². The lowest BCUT2D eigenvalue weighted by atomic mass is 10.1. The standard InChI is InChI=1S/C19H34N2O2S/c1-4-5-10-18-11-13-19(14-12-18)20-15-8-6-7-9-16-21-24(22,23)17(2)3/h11-14,17,20-21H,4-10,15-16H2,1-3H3. The molecule has 24 heavy (non-hydrogen) atoms. The smallest absolute Gasteiger partial charge is 0.213 e. The molecule has 0 aliphatic rings. The van der Waals surface area contributed by atoms with Crippen LogP contribution in [0.1, 0.15) is 64.9 Å². The first-order valence-electron chi connectivity index (χ1n) is 9.27. The van der Waals surface area contributed by atoms with Crippen molar-refractivity contribution in [3.8, 4) is 0 Å². The minimum absolute atomic E-state index is 0.352. The molecule has 0 radical (unpaired) electrons. The second-order valence-electron chi connectivity index (χ2n) is 6.63. The third kappa shape index (κ3) is 8.69. The fraction of sp³-hybridized carbons (Fsp3) is 0.684. The van der Waals surface area contributed by atoms with Crippen molar-refractivity contribution >= 4 is 15.7 Å². The molecule has 0 saturated heterocycles. The molecule has 0 atom stereocenters. The molecule has 0 aromatic heterocycles. The summed E-state index contributed by atoms with van der Waals surface area (Å²) in [7, 11) is -3.10. The Labute approximate surface area is 148 Å². The van der Waals surface area contributed by atoms with Crippen molar-refractivity contribution in [2.24, 2.45) is 0 Å². The Morgan fingerprint density at radius 1 is 0.917 bits per heavy atom. The van der Waals surface area contributed by atoms with Crippen LogP contribution in [0.5, 0.6) is 0 Å². The van der Waals surface area contributed by atoms with Gasteiger partial charge in [-0.25, -0.2) is 13.1 Å². The lowest BCUT2D eigenvalue weighted by Gasteiger charge is -2.09. The SMILES string of the molecule is CCCCc1ccc(NCCCCCCNS(=O)(=O)C(C)C)cc1. The third-order valence-electron chi connectivity index (χ3n) is 4.13. The Hall–Kier alpha value is -1.07. The fourth-order valence-electron chi connectivity index (χ4n) is 2.39. The number of nitrogens with one attached hydrogen (secondary N) is 2. The van der Waals surface area contributed by atoms with Crippen molar-refractivity contribution in [3.63, 3.8) is 0 Å². The van der Waals surface area contributed by atoms with Gasteiger partial charge in [0, 0.05) is 18.8 Å². The lowest BCUT2D eigenvalue weighted by molar-refractivity contribution is 0.564. The van der Waals surface area contributed by atoms with Gasteiger partial charge in [-0.1, -0.05) is 38.3 Å². The van der Waals surface area contributed by atoms with Crippen LogP contribution in [0.3, 0.4) is 0 Å². The van der Waals surface area contributed by atoms with Gasteiger partial charge in [-0.3, -0.25) is 0 Å². The minimum Gasteiger partial charge on any atom is -0.385 e. The monoisotopic (exact) mass is 354 g/mol. The molecule has 4 nitrogen and oxygen atoms in total. The molecule has 0 spiro atoms. The zero-order valence-corrected chi connectivity index (χ0v) is 16.3. The summed E-state index contributed by atoms with van der Waals surface area (Å²) in [6.45, 7) is 7.13. The molecular formula is C19H34N2O2S. The number of anilines is 1. The van der Waals surface area contributed by atoms with E-state index in [2.05, 4.69) is 41.2 Å². The van der Waals surface area contributed by atoms with Gasteiger partial charge < -0.3 is 5.32 Å². The normalized spacial score (nSPS) is 11.8. The summed E-state index contributed by atoms with van der Waals surface area (Å²) in [4.78, 5) is 0. The van der Waals surface area contributed by atoms with E-state index in [0.29, 0.717) is 6.54 Å². The van der Waals surface area contributed by atoms with E-state index in [1.165, 1.54) is 24.1 Å². The van der Waals surface area contributed by atoms with Gasteiger partial charge >= 0.3 is 0 Å². The number of unbranched alkanes of at least 4 members (excludes halogenated alkanes) is 4. The molecular weight excluding hydrogens is 320 g/mol. The largest absolute Gasteiger partial charge is 0.385 e. The molecule has 0 aliphatic heterocycles. The molecule has 0 amide bonds. The highest BCUT2D eigenvalue weighted by Crippen LogP contribution is 2.12. The van der Waals surface area contributed by atoms with E-state index in [1.807, 2.05) is 0 Å². The molecule has 5 heteroatoms. The average Bonchev–Trinajstić information content (AvgIpc) is 2.56. The summed E-state index contributed by atoms with van der Waals surface area (Å²) >= 11 is 0. The number of aryl methyl sites for hydroxylation is 1. The summed E-state index contributed by atoms with van der Waals surface area (Å²) < 4.78 is 25.8. The van der Waals surface area contributed by atoms with Gasteiger partial charge in [0.1, 0.15) is 0 Å². The van der Waals surface area contributed by atoms with Crippen LogP contribution in [0, 0.1) is 0 Å². The van der Waals surface area contributed by atoms with Crippen molar-refractivity contribution in [1.82, 2.24) is 4.72 Å². The van der Waals surface area contributed by atoms with Gasteiger partial charge in [0.2, 0.25) is 10.0 Å². The third-order valence-corrected chi connectivity index (χ3v) is 5.98. The first-order chi connectivity index (χ1) is 11.5. The van der Waals surface area contributed by atoms with Crippen LogP contribution in [-0.4, -0.2) is 26.8 Å². The molecule has 1 aromatic rings. The predicted octanol–water partition coefficient (Wildman–Crippen LogP) is 4.33. The maximum absolute atomic E-state index is 11.6. The molecule has 0 fully saturated rings. The van der Waals surface area contributed by atoms with Gasteiger partial charge in [-0.05, 0) is 57.2 Å². The Morgan fingerprint density at radius 2 is 1.54 bits per heavy atom. The van der Waals surface area contributed by atoms with E-state index in [-0.39, 0.29) is 5.25 Å². The van der Waals surface area contributed by atoms with Crippen LogP contribution in [0.2, 0.25) is 0 Å². The van der Waals surface area contributed by atoms with Crippen LogP contribution >= 0.6 is 0 Å². The Morgan fingerprint density at radius 3 is 2.12 bits per heavy atom. The zero-order chi connectivity index (χ0) is 17.8. The minimum atomic E-state index is -3.10. The molecule has 1 aromatic carbocycles. The molecule has 0 unspecified atom stereocenters. The topological polar surface area (TPSA) is 58.2 Å². The van der Waals surface area contributed by atoms with Crippen LogP contribution in [0.25, 0.3) is 0 Å². The molecule has 0 aliphatic carbocycles. The van der Waals surface area contributed by atoms with Crippen molar-refractivity contribution in [3.05, 3.63) is 29.8 Å². The quantitative estimate of drug-likeness (QED) is 0.518. The van der Waals surface area contributed by atoms with Gasteiger partial charge in [0.05, 0.1) is 5.25 Å². The van der Waals surface area contributed by atoms with Gasteiger partial charge in [0.25, 0.3) is 0 Å². The number of sulfonamides is 1. The van der Waals surface area contributed by atoms with Gasteiger partial charge in [-0.2, -0.15) is 0 Å². The lowest BCUT2D eigenvalue weighted by Crippen LogP contribution is -2.31. The summed E-state index contributed by atoms with van der Waals surface area (Å²) in [5.74, 6) is 0. The van der Waals surface area contributed by atoms with E-state index >= 15 is 0 Å². The Bertz CT molecular complexity index is 539. The zero-order valence-electron chi connectivity index (χ0n) is 15.5. The van der Waals surface area contributed by atoms with Gasteiger partial charge in [-0.15, -0.1) is 0 Å². The molecule has 0 bridgehead atoms. The van der Waals surface area contributed by atoms with Crippen LogP contribution in [0.4, 0.5) is 5.69 Å². The van der Waals surface area contributed by atoms with Crippen LogP contribution in [0.15, 0.2) is 24.3 Å². The first kappa shape index (κ1) is 21.0. The fourth-order valence-corrected chi connectivity index (χ4v) is 3.15. The van der Waals surface area contributed by atoms with Crippen LogP contribution < -0.4 is 10.0 Å². The van der Waals surface area contributed by atoms with E-state index in [4.69, 9.17) is 0 Å². The second kappa shape index (κ2) is 11.5. The molecule has 2 N–H and O–H groups in total. The molecule has 138 valence electrons. The predicted molar refractivity (Wildman–Crippen MR) is 104 cm³/mol. The summed E-state index contributed by atoms with van der Waals surface area (Å²) in [6, 6.07) is 8.73. The molecule has 0 saturated carbocycles. The number of hydrogen-bond acceptors (Lipinski definition) is 3.